The third-order valence-corrected chi connectivity index (χ3v) is 3.08. The largest absolute Gasteiger partial charge is 0.393 e. The van der Waals surface area contributed by atoms with E-state index in [2.05, 4.69) is 10.2 Å². The summed E-state index contributed by atoms with van der Waals surface area (Å²) < 4.78 is 13.3. The number of halogens is 2. The predicted molar refractivity (Wildman–Crippen MR) is 55.6 cm³/mol. The molecule has 0 aromatic carbocycles. The summed E-state index contributed by atoms with van der Waals surface area (Å²) in [5.74, 6) is 0. The van der Waals surface area contributed by atoms with E-state index < -0.39 is 5.67 Å². The lowest BCUT2D eigenvalue weighted by atomic mass is 9.92. The molecule has 14 heavy (non-hydrogen) atoms. The molecule has 0 aromatic rings. The number of rotatable bonds is 2. The molecular formula is C9H18ClFN2O. The molecule has 2 aliphatic rings. The number of piperidine rings is 1. The monoisotopic (exact) mass is 224 g/mol. The molecule has 2 aliphatic heterocycles. The van der Waals surface area contributed by atoms with Gasteiger partial charge in [-0.25, -0.2) is 4.39 Å². The molecule has 0 amide bonds. The fourth-order valence-corrected chi connectivity index (χ4v) is 2.21. The van der Waals surface area contributed by atoms with E-state index in [1.165, 1.54) is 0 Å². The Morgan fingerprint density at radius 3 is 2.43 bits per heavy atom. The SMILES string of the molecule is Cl.OCC1(F)CN(C2CCNCC2)C1. The average molecular weight is 225 g/mol. The van der Waals surface area contributed by atoms with Crippen molar-refractivity contribution in [3.8, 4) is 0 Å². The van der Waals surface area contributed by atoms with E-state index in [9.17, 15) is 4.39 Å². The fourth-order valence-electron chi connectivity index (χ4n) is 2.21. The number of alkyl halides is 1. The third kappa shape index (κ3) is 2.37. The summed E-state index contributed by atoms with van der Waals surface area (Å²) in [5, 5.41) is 12.0. The van der Waals surface area contributed by atoms with Gasteiger partial charge in [0.25, 0.3) is 0 Å². The Bertz CT molecular complexity index is 182. The Morgan fingerprint density at radius 1 is 1.36 bits per heavy atom. The minimum atomic E-state index is -1.30. The maximum absolute atomic E-state index is 13.3. The van der Waals surface area contributed by atoms with Gasteiger partial charge < -0.3 is 10.4 Å². The zero-order valence-corrected chi connectivity index (χ0v) is 9.02. The van der Waals surface area contributed by atoms with Gasteiger partial charge in [-0.2, -0.15) is 0 Å². The van der Waals surface area contributed by atoms with Crippen LogP contribution < -0.4 is 5.32 Å². The molecule has 2 heterocycles. The second-order valence-electron chi connectivity index (χ2n) is 4.20. The number of nitrogens with zero attached hydrogens (tertiary/aromatic N) is 1. The first-order chi connectivity index (χ1) is 6.23. The van der Waals surface area contributed by atoms with Gasteiger partial charge in [-0.05, 0) is 25.9 Å². The summed E-state index contributed by atoms with van der Waals surface area (Å²) in [6.07, 6.45) is 2.23. The van der Waals surface area contributed by atoms with Crippen LogP contribution in [0.15, 0.2) is 0 Å². The Morgan fingerprint density at radius 2 is 1.93 bits per heavy atom. The molecular weight excluding hydrogens is 207 g/mol. The number of hydrogen-bond donors (Lipinski definition) is 2. The van der Waals surface area contributed by atoms with Crippen LogP contribution in [0.5, 0.6) is 0 Å². The zero-order chi connectivity index (χ0) is 9.31. The quantitative estimate of drug-likeness (QED) is 0.703. The van der Waals surface area contributed by atoms with Crippen LogP contribution in [0.2, 0.25) is 0 Å². The van der Waals surface area contributed by atoms with E-state index in [4.69, 9.17) is 5.11 Å². The molecule has 0 spiro atoms. The van der Waals surface area contributed by atoms with Crippen LogP contribution in [0.25, 0.3) is 0 Å². The maximum Gasteiger partial charge on any atom is 0.159 e. The first kappa shape index (κ1) is 12.2. The molecule has 2 rings (SSSR count). The maximum atomic E-state index is 13.3. The molecule has 0 aliphatic carbocycles. The van der Waals surface area contributed by atoms with Crippen molar-refractivity contribution in [1.29, 1.82) is 0 Å². The van der Waals surface area contributed by atoms with E-state index in [0.717, 1.165) is 25.9 Å². The van der Waals surface area contributed by atoms with Crippen LogP contribution in [0.1, 0.15) is 12.8 Å². The lowest BCUT2D eigenvalue weighted by Gasteiger charge is -2.48. The van der Waals surface area contributed by atoms with Crippen LogP contribution in [0, 0.1) is 0 Å². The third-order valence-electron chi connectivity index (χ3n) is 3.08. The predicted octanol–water partition coefficient (Wildman–Crippen LogP) is 0.176. The van der Waals surface area contributed by atoms with E-state index >= 15 is 0 Å². The first-order valence-corrected chi connectivity index (χ1v) is 4.98. The van der Waals surface area contributed by atoms with Gasteiger partial charge in [0, 0.05) is 19.1 Å². The highest BCUT2D eigenvalue weighted by Crippen LogP contribution is 2.29. The van der Waals surface area contributed by atoms with Crippen molar-refractivity contribution in [2.75, 3.05) is 32.8 Å². The molecule has 2 N–H and O–H groups in total. The smallest absolute Gasteiger partial charge is 0.159 e. The van der Waals surface area contributed by atoms with E-state index in [1.807, 2.05) is 0 Å². The molecule has 0 atom stereocenters. The van der Waals surface area contributed by atoms with Crippen LogP contribution in [0.4, 0.5) is 4.39 Å². The van der Waals surface area contributed by atoms with Gasteiger partial charge in [-0.1, -0.05) is 0 Å². The summed E-state index contributed by atoms with van der Waals surface area (Å²) in [5.41, 5.74) is -1.30. The van der Waals surface area contributed by atoms with Crippen LogP contribution >= 0.6 is 12.4 Å². The molecule has 0 radical (unpaired) electrons. The van der Waals surface area contributed by atoms with Crippen LogP contribution in [0.3, 0.4) is 0 Å². The molecule has 5 heteroatoms. The molecule has 2 fully saturated rings. The number of aliphatic hydroxyl groups excluding tert-OH is 1. The van der Waals surface area contributed by atoms with E-state index in [1.54, 1.807) is 0 Å². The van der Waals surface area contributed by atoms with Crippen molar-refractivity contribution in [3.63, 3.8) is 0 Å². The second kappa shape index (κ2) is 4.75. The van der Waals surface area contributed by atoms with Crippen molar-refractivity contribution >= 4 is 12.4 Å². The number of hydrogen-bond acceptors (Lipinski definition) is 3. The molecule has 0 bridgehead atoms. The minimum Gasteiger partial charge on any atom is -0.393 e. The summed E-state index contributed by atoms with van der Waals surface area (Å²) in [4.78, 5) is 2.15. The molecule has 84 valence electrons. The molecule has 0 saturated carbocycles. The second-order valence-corrected chi connectivity index (χ2v) is 4.20. The lowest BCUT2D eigenvalue weighted by Crippen LogP contribution is -2.65. The topological polar surface area (TPSA) is 35.5 Å². The summed E-state index contributed by atoms with van der Waals surface area (Å²) in [6, 6.07) is 0.539. The highest BCUT2D eigenvalue weighted by atomic mass is 35.5. The van der Waals surface area contributed by atoms with Crippen LogP contribution in [-0.2, 0) is 0 Å². The first-order valence-electron chi connectivity index (χ1n) is 4.98. The Kier molecular flexibility index (Phi) is 4.13. The van der Waals surface area contributed by atoms with Gasteiger partial charge in [0.2, 0.25) is 0 Å². The number of likely N-dealkylation sites (tertiary alicyclic amines) is 1. The van der Waals surface area contributed by atoms with E-state index in [-0.39, 0.29) is 19.0 Å². The van der Waals surface area contributed by atoms with Crippen molar-refractivity contribution in [1.82, 2.24) is 10.2 Å². The van der Waals surface area contributed by atoms with Crippen molar-refractivity contribution < 1.29 is 9.50 Å². The van der Waals surface area contributed by atoms with Crippen molar-refractivity contribution in [2.45, 2.75) is 24.6 Å². The van der Waals surface area contributed by atoms with Gasteiger partial charge in [-0.3, -0.25) is 4.90 Å². The van der Waals surface area contributed by atoms with Crippen LogP contribution in [-0.4, -0.2) is 54.5 Å². The fraction of sp³-hybridized carbons (Fsp3) is 1.00. The zero-order valence-electron chi connectivity index (χ0n) is 8.21. The standard InChI is InChI=1S/C9H17FN2O.ClH/c10-9(7-13)5-12(6-9)8-1-3-11-4-2-8;/h8,11,13H,1-7H2;1H. The lowest BCUT2D eigenvalue weighted by molar-refractivity contribution is -0.0904. The molecule has 2 saturated heterocycles. The molecule has 3 nitrogen and oxygen atoms in total. The van der Waals surface area contributed by atoms with Gasteiger partial charge in [-0.15, -0.1) is 12.4 Å². The minimum absolute atomic E-state index is 0. The molecule has 0 unspecified atom stereocenters. The summed E-state index contributed by atoms with van der Waals surface area (Å²) >= 11 is 0. The Hall–Kier alpha value is 0.1000. The summed E-state index contributed by atoms with van der Waals surface area (Å²) in [7, 11) is 0. The van der Waals surface area contributed by atoms with Gasteiger partial charge in [0.15, 0.2) is 5.67 Å². The highest BCUT2D eigenvalue weighted by molar-refractivity contribution is 5.85. The number of aliphatic hydroxyl groups is 1. The average Bonchev–Trinajstić information content (AvgIpc) is 2.14. The van der Waals surface area contributed by atoms with Crippen molar-refractivity contribution in [2.24, 2.45) is 0 Å². The Balaban J connectivity index is 0.000000980. The normalized spacial score (nSPS) is 27.9. The van der Waals surface area contributed by atoms with Gasteiger partial charge >= 0.3 is 0 Å². The van der Waals surface area contributed by atoms with E-state index in [0.29, 0.717) is 19.1 Å². The highest BCUT2D eigenvalue weighted by Gasteiger charge is 2.45. The van der Waals surface area contributed by atoms with Crippen molar-refractivity contribution in [3.05, 3.63) is 0 Å². The summed E-state index contributed by atoms with van der Waals surface area (Å²) in [6.45, 7) is 2.61. The molecule has 0 aromatic heterocycles. The number of nitrogens with one attached hydrogen (secondary N) is 1. The van der Waals surface area contributed by atoms with Gasteiger partial charge in [0.05, 0.1) is 6.61 Å². The van der Waals surface area contributed by atoms with Gasteiger partial charge in [0.1, 0.15) is 0 Å². The Labute approximate surface area is 90.1 Å².